The van der Waals surface area contributed by atoms with E-state index in [2.05, 4.69) is 9.24 Å². The van der Waals surface area contributed by atoms with Crippen LogP contribution in [0, 0.1) is 6.92 Å². The van der Waals surface area contributed by atoms with Crippen LogP contribution in [0.2, 0.25) is 0 Å². The smallest absolute Gasteiger partial charge is 0.294 e. The van der Waals surface area contributed by atoms with Crippen molar-refractivity contribution in [1.29, 1.82) is 0 Å². The molecule has 0 bridgehead atoms. The van der Waals surface area contributed by atoms with Gasteiger partial charge < -0.3 is 4.74 Å². The van der Waals surface area contributed by atoms with Gasteiger partial charge in [-0.25, -0.2) is 0 Å². The number of aryl methyl sites for hydroxylation is 1. The zero-order valence-corrected chi connectivity index (χ0v) is 13.2. The maximum atomic E-state index is 10.5. The fraction of sp³-hybridized carbons (Fsp3) is 0.143. The van der Waals surface area contributed by atoms with Crippen molar-refractivity contribution >= 4 is 24.7 Å². The highest BCUT2D eigenvalue weighted by Crippen LogP contribution is 2.08. The summed E-state index contributed by atoms with van der Waals surface area (Å²) in [6, 6.07) is 13.8. The van der Waals surface area contributed by atoms with Crippen LogP contribution < -0.4 is 10.0 Å². The standard InChI is InChI=1S/C7H8O3S.C7H9OP/c1-6-2-4-7(5-3-6)11(8,9)10;1-8-6-2-4-7(9)5-3-6/h2-5H,1H3,(H,8,9,10);2-5H,9H2,1H3. The SMILES string of the molecule is COc1ccc(P)cc1.Cc1ccc(S(=O)(=O)O)cc1. The summed E-state index contributed by atoms with van der Waals surface area (Å²) in [4.78, 5) is -0.0666. The van der Waals surface area contributed by atoms with Crippen LogP contribution in [0.1, 0.15) is 5.56 Å². The highest BCUT2D eigenvalue weighted by molar-refractivity contribution is 7.85. The van der Waals surface area contributed by atoms with Gasteiger partial charge in [0, 0.05) is 0 Å². The van der Waals surface area contributed by atoms with Crippen LogP contribution in [0.3, 0.4) is 0 Å². The second-order valence-electron chi connectivity index (χ2n) is 4.06. The summed E-state index contributed by atoms with van der Waals surface area (Å²) in [6.07, 6.45) is 0. The molecule has 0 fully saturated rings. The molecule has 108 valence electrons. The van der Waals surface area contributed by atoms with Gasteiger partial charge in [0.05, 0.1) is 12.0 Å². The summed E-state index contributed by atoms with van der Waals surface area (Å²) < 4.78 is 34.5. The molecule has 0 aliphatic carbocycles. The van der Waals surface area contributed by atoms with E-state index in [4.69, 9.17) is 9.29 Å². The van der Waals surface area contributed by atoms with E-state index in [0.29, 0.717) is 0 Å². The summed E-state index contributed by atoms with van der Waals surface area (Å²) in [5, 5.41) is 1.18. The third kappa shape index (κ3) is 5.70. The minimum absolute atomic E-state index is 0.0666. The zero-order valence-electron chi connectivity index (χ0n) is 11.3. The second kappa shape index (κ2) is 7.39. The van der Waals surface area contributed by atoms with Gasteiger partial charge in [0.25, 0.3) is 10.1 Å². The largest absolute Gasteiger partial charge is 0.497 e. The molecular formula is C14H17O4PS. The van der Waals surface area contributed by atoms with E-state index < -0.39 is 10.1 Å². The minimum Gasteiger partial charge on any atom is -0.497 e. The molecule has 2 rings (SSSR count). The Morgan fingerprint density at radius 2 is 1.50 bits per heavy atom. The van der Waals surface area contributed by atoms with Crippen molar-refractivity contribution in [3.8, 4) is 5.75 Å². The topological polar surface area (TPSA) is 63.6 Å². The van der Waals surface area contributed by atoms with Gasteiger partial charge in [-0.3, -0.25) is 4.55 Å². The first-order valence-corrected chi connectivity index (χ1v) is 7.78. The Hall–Kier alpha value is -1.42. The monoisotopic (exact) mass is 312 g/mol. The van der Waals surface area contributed by atoms with Gasteiger partial charge in [-0.2, -0.15) is 8.42 Å². The molecule has 0 aromatic heterocycles. The molecule has 4 nitrogen and oxygen atoms in total. The Balaban J connectivity index is 0.000000204. The molecule has 0 amide bonds. The lowest BCUT2D eigenvalue weighted by Crippen LogP contribution is -1.96. The van der Waals surface area contributed by atoms with E-state index in [9.17, 15) is 8.42 Å². The van der Waals surface area contributed by atoms with Gasteiger partial charge in [-0.15, -0.1) is 9.24 Å². The Morgan fingerprint density at radius 1 is 1.00 bits per heavy atom. The fourth-order valence-corrected chi connectivity index (χ4v) is 1.99. The lowest BCUT2D eigenvalue weighted by molar-refractivity contribution is 0.415. The van der Waals surface area contributed by atoms with Crippen LogP contribution in [0.4, 0.5) is 0 Å². The molecule has 0 heterocycles. The van der Waals surface area contributed by atoms with Crippen molar-refractivity contribution < 1.29 is 17.7 Å². The van der Waals surface area contributed by atoms with E-state index in [1.807, 2.05) is 31.2 Å². The van der Waals surface area contributed by atoms with Crippen LogP contribution in [-0.2, 0) is 10.1 Å². The van der Waals surface area contributed by atoms with Crippen molar-refractivity contribution in [2.75, 3.05) is 7.11 Å². The van der Waals surface area contributed by atoms with Crippen molar-refractivity contribution in [3.05, 3.63) is 54.1 Å². The van der Waals surface area contributed by atoms with Crippen LogP contribution >= 0.6 is 9.24 Å². The molecule has 0 saturated carbocycles. The Bertz CT molecular complexity index is 634. The summed E-state index contributed by atoms with van der Waals surface area (Å²) in [5.74, 6) is 0.904. The maximum Gasteiger partial charge on any atom is 0.294 e. The van der Waals surface area contributed by atoms with E-state index in [1.54, 1.807) is 19.2 Å². The average Bonchev–Trinajstić information content (AvgIpc) is 2.40. The molecule has 0 aliphatic heterocycles. The van der Waals surface area contributed by atoms with E-state index in [0.717, 1.165) is 11.3 Å². The Morgan fingerprint density at radius 3 is 1.90 bits per heavy atom. The zero-order chi connectivity index (χ0) is 15.2. The summed E-state index contributed by atoms with van der Waals surface area (Å²) in [6.45, 7) is 1.84. The van der Waals surface area contributed by atoms with E-state index >= 15 is 0 Å². The maximum absolute atomic E-state index is 10.5. The quantitative estimate of drug-likeness (QED) is 0.683. The second-order valence-corrected chi connectivity index (χ2v) is 6.15. The molecule has 6 heteroatoms. The molecule has 2 aromatic carbocycles. The minimum atomic E-state index is -4.02. The molecule has 20 heavy (non-hydrogen) atoms. The van der Waals surface area contributed by atoms with Crippen LogP contribution in [-0.4, -0.2) is 20.1 Å². The van der Waals surface area contributed by atoms with Crippen LogP contribution in [0.5, 0.6) is 5.75 Å². The van der Waals surface area contributed by atoms with Gasteiger partial charge in [0.1, 0.15) is 5.75 Å². The lowest BCUT2D eigenvalue weighted by atomic mass is 10.2. The third-order valence-electron chi connectivity index (χ3n) is 2.43. The van der Waals surface area contributed by atoms with Crippen LogP contribution in [0.25, 0.3) is 0 Å². The normalized spacial score (nSPS) is 10.4. The van der Waals surface area contributed by atoms with Gasteiger partial charge in [0.15, 0.2) is 0 Å². The molecular weight excluding hydrogens is 295 g/mol. The first kappa shape index (κ1) is 16.6. The summed E-state index contributed by atoms with van der Waals surface area (Å²) in [5.41, 5.74) is 0.956. The van der Waals surface area contributed by atoms with Gasteiger partial charge in [-0.1, -0.05) is 29.8 Å². The van der Waals surface area contributed by atoms with Gasteiger partial charge >= 0.3 is 0 Å². The van der Waals surface area contributed by atoms with Gasteiger partial charge in [0.2, 0.25) is 0 Å². The highest BCUT2D eigenvalue weighted by Gasteiger charge is 2.06. The van der Waals surface area contributed by atoms with Crippen molar-refractivity contribution in [1.82, 2.24) is 0 Å². The molecule has 0 spiro atoms. The van der Waals surface area contributed by atoms with Crippen molar-refractivity contribution in [2.24, 2.45) is 0 Å². The van der Waals surface area contributed by atoms with Crippen molar-refractivity contribution in [3.63, 3.8) is 0 Å². The molecule has 1 unspecified atom stereocenters. The number of ether oxygens (including phenoxy) is 1. The van der Waals surface area contributed by atoms with Crippen LogP contribution in [0.15, 0.2) is 53.4 Å². The van der Waals surface area contributed by atoms with E-state index in [1.165, 1.54) is 17.4 Å². The van der Waals surface area contributed by atoms with E-state index in [-0.39, 0.29) is 4.90 Å². The number of benzene rings is 2. The molecule has 2 aromatic rings. The predicted molar refractivity (Wildman–Crippen MR) is 83.3 cm³/mol. The average molecular weight is 312 g/mol. The molecule has 1 N–H and O–H groups in total. The highest BCUT2D eigenvalue weighted by atomic mass is 32.2. The number of rotatable bonds is 2. The lowest BCUT2D eigenvalue weighted by Gasteiger charge is -1.96. The van der Waals surface area contributed by atoms with Gasteiger partial charge in [-0.05, 0) is 36.5 Å². The molecule has 0 aliphatic rings. The van der Waals surface area contributed by atoms with Crippen molar-refractivity contribution in [2.45, 2.75) is 11.8 Å². The number of methoxy groups -OCH3 is 1. The first-order valence-electron chi connectivity index (χ1n) is 5.76. The Kier molecular flexibility index (Phi) is 6.14. The summed E-state index contributed by atoms with van der Waals surface area (Å²) >= 11 is 0. The molecule has 0 radical (unpaired) electrons. The summed E-state index contributed by atoms with van der Waals surface area (Å²) in [7, 11) is 0.262. The number of hydrogen-bond donors (Lipinski definition) is 1. The Labute approximate surface area is 121 Å². The number of hydrogen-bond acceptors (Lipinski definition) is 3. The molecule has 0 saturated heterocycles. The first-order chi connectivity index (χ1) is 9.32. The third-order valence-corrected chi connectivity index (χ3v) is 3.69. The fourth-order valence-electron chi connectivity index (χ4n) is 1.31. The predicted octanol–water partition coefficient (Wildman–Crippen LogP) is 2.44. The molecule has 1 atom stereocenters.